The van der Waals surface area contributed by atoms with Crippen molar-refractivity contribution < 1.29 is 9.90 Å². The zero-order chi connectivity index (χ0) is 10.5. The fourth-order valence-corrected chi connectivity index (χ4v) is 0.926. The van der Waals surface area contributed by atoms with Crippen molar-refractivity contribution in [3.05, 3.63) is 0 Å². The lowest BCUT2D eigenvalue weighted by Crippen LogP contribution is -1.93. The number of Topliss-reactive ketones (excluding diaryl/α,β-unsaturated/α-hetero) is 1. The molecule has 2 heteroatoms. The molecule has 0 radical (unpaired) electrons. The number of hydrogen-bond acceptors (Lipinski definition) is 2. The van der Waals surface area contributed by atoms with Gasteiger partial charge in [0.05, 0.1) is 0 Å². The Morgan fingerprint density at radius 1 is 1.08 bits per heavy atom. The number of aliphatic hydroxyl groups is 1. The van der Waals surface area contributed by atoms with Crippen molar-refractivity contribution >= 4 is 5.78 Å². The first-order valence-corrected chi connectivity index (χ1v) is 5.35. The maximum absolute atomic E-state index is 10.8. The van der Waals surface area contributed by atoms with E-state index in [9.17, 15) is 4.79 Å². The predicted molar refractivity (Wildman–Crippen MR) is 56.8 cm³/mol. The average molecular weight is 188 g/mol. The second-order valence-corrected chi connectivity index (χ2v) is 3.02. The van der Waals surface area contributed by atoms with Crippen molar-refractivity contribution in [2.24, 2.45) is 0 Å². The molecule has 0 spiro atoms. The van der Waals surface area contributed by atoms with Crippen LogP contribution in [0.2, 0.25) is 0 Å². The molecule has 0 amide bonds. The molecule has 0 aromatic carbocycles. The minimum absolute atomic E-state index is 0.250. The van der Waals surface area contributed by atoms with E-state index in [2.05, 4.69) is 6.92 Å². The van der Waals surface area contributed by atoms with E-state index >= 15 is 0 Å². The molecule has 80 valence electrons. The van der Waals surface area contributed by atoms with Crippen LogP contribution in [0, 0.1) is 0 Å². The molecule has 0 saturated carbocycles. The number of unbranched alkanes of at least 4 members (excludes halogenated alkanes) is 3. The summed E-state index contributed by atoms with van der Waals surface area (Å²) >= 11 is 0. The first kappa shape index (κ1) is 15.1. The summed E-state index contributed by atoms with van der Waals surface area (Å²) in [5.74, 6) is 0.413. The monoisotopic (exact) mass is 188 g/mol. The lowest BCUT2D eigenvalue weighted by atomic mass is 10.1. The van der Waals surface area contributed by atoms with E-state index in [1.165, 1.54) is 19.3 Å². The SMILES string of the molecule is CCCCCCC(=O)CC.CCO. The van der Waals surface area contributed by atoms with E-state index < -0.39 is 0 Å². The highest BCUT2D eigenvalue weighted by atomic mass is 16.2. The molecule has 0 aliphatic heterocycles. The Hall–Kier alpha value is -0.370. The molecule has 0 aromatic heterocycles. The number of carbonyl (C=O) groups excluding carboxylic acids is 1. The van der Waals surface area contributed by atoms with Crippen LogP contribution in [0.15, 0.2) is 0 Å². The number of hydrogen-bond donors (Lipinski definition) is 1. The Balaban J connectivity index is 0. The van der Waals surface area contributed by atoms with Gasteiger partial charge in [0.25, 0.3) is 0 Å². The van der Waals surface area contributed by atoms with E-state index in [0.29, 0.717) is 12.2 Å². The molecule has 0 bridgehead atoms. The molecular formula is C11H24O2. The van der Waals surface area contributed by atoms with Crippen molar-refractivity contribution in [3.63, 3.8) is 0 Å². The van der Waals surface area contributed by atoms with Gasteiger partial charge in [-0.2, -0.15) is 0 Å². The second-order valence-electron chi connectivity index (χ2n) is 3.02. The predicted octanol–water partition coefficient (Wildman–Crippen LogP) is 2.93. The number of carbonyl (C=O) groups is 1. The highest BCUT2D eigenvalue weighted by molar-refractivity contribution is 5.77. The third kappa shape index (κ3) is 18.5. The summed E-state index contributed by atoms with van der Waals surface area (Å²) in [5, 5.41) is 7.57. The summed E-state index contributed by atoms with van der Waals surface area (Å²) in [6, 6.07) is 0. The average Bonchev–Trinajstić information content (AvgIpc) is 2.13. The molecule has 0 heterocycles. The van der Waals surface area contributed by atoms with Gasteiger partial charge in [-0.3, -0.25) is 4.79 Å². The van der Waals surface area contributed by atoms with Gasteiger partial charge in [0.2, 0.25) is 0 Å². The topological polar surface area (TPSA) is 37.3 Å². The van der Waals surface area contributed by atoms with Crippen molar-refractivity contribution in [2.75, 3.05) is 6.61 Å². The lowest BCUT2D eigenvalue weighted by Gasteiger charge is -1.96. The van der Waals surface area contributed by atoms with Gasteiger partial charge < -0.3 is 5.11 Å². The molecule has 0 saturated heterocycles. The molecule has 0 unspecified atom stereocenters. The fraction of sp³-hybridized carbons (Fsp3) is 0.909. The van der Waals surface area contributed by atoms with Crippen LogP contribution in [0.5, 0.6) is 0 Å². The van der Waals surface area contributed by atoms with Crippen LogP contribution in [-0.4, -0.2) is 17.5 Å². The van der Waals surface area contributed by atoms with Crippen molar-refractivity contribution in [1.82, 2.24) is 0 Å². The summed E-state index contributed by atoms with van der Waals surface area (Å²) in [4.78, 5) is 10.8. The Kier molecular flexibility index (Phi) is 16.5. The van der Waals surface area contributed by atoms with Crippen molar-refractivity contribution in [1.29, 1.82) is 0 Å². The number of rotatable bonds is 6. The zero-order valence-corrected chi connectivity index (χ0v) is 9.31. The standard InChI is InChI=1S/C9H18O.C2H6O/c1-3-5-6-7-8-9(10)4-2;1-2-3/h3-8H2,1-2H3;3H,2H2,1H3. The number of ketones is 1. The van der Waals surface area contributed by atoms with Crippen LogP contribution < -0.4 is 0 Å². The lowest BCUT2D eigenvalue weighted by molar-refractivity contribution is -0.118. The fourth-order valence-electron chi connectivity index (χ4n) is 0.926. The van der Waals surface area contributed by atoms with E-state index in [0.717, 1.165) is 12.8 Å². The minimum atomic E-state index is 0.250. The normalized spacial score (nSPS) is 8.92. The van der Waals surface area contributed by atoms with Crippen LogP contribution in [-0.2, 0) is 4.79 Å². The van der Waals surface area contributed by atoms with Crippen LogP contribution >= 0.6 is 0 Å². The Morgan fingerprint density at radius 2 is 1.62 bits per heavy atom. The van der Waals surface area contributed by atoms with E-state index in [1.807, 2.05) is 6.92 Å². The molecule has 13 heavy (non-hydrogen) atoms. The van der Waals surface area contributed by atoms with Gasteiger partial charge in [-0.15, -0.1) is 0 Å². The molecule has 0 fully saturated rings. The molecule has 0 atom stereocenters. The molecule has 0 aromatic rings. The number of aliphatic hydroxyl groups excluding tert-OH is 1. The van der Waals surface area contributed by atoms with Gasteiger partial charge in [0.1, 0.15) is 5.78 Å². The van der Waals surface area contributed by atoms with E-state index in [-0.39, 0.29) is 6.61 Å². The van der Waals surface area contributed by atoms with Gasteiger partial charge in [-0.05, 0) is 13.3 Å². The maximum Gasteiger partial charge on any atom is 0.132 e. The van der Waals surface area contributed by atoms with Crippen LogP contribution in [0.3, 0.4) is 0 Å². The summed E-state index contributed by atoms with van der Waals surface area (Å²) in [6.45, 7) is 6.05. The molecular weight excluding hydrogens is 164 g/mol. The third-order valence-corrected chi connectivity index (χ3v) is 1.70. The molecule has 1 N–H and O–H groups in total. The van der Waals surface area contributed by atoms with Gasteiger partial charge in [-0.1, -0.05) is 33.1 Å². The van der Waals surface area contributed by atoms with E-state index in [1.54, 1.807) is 6.92 Å². The highest BCUT2D eigenvalue weighted by Crippen LogP contribution is 2.03. The van der Waals surface area contributed by atoms with Gasteiger partial charge in [-0.25, -0.2) is 0 Å². The summed E-state index contributed by atoms with van der Waals surface area (Å²) < 4.78 is 0. The first-order chi connectivity index (χ1) is 6.22. The molecule has 0 aliphatic rings. The smallest absolute Gasteiger partial charge is 0.132 e. The Bertz CT molecular complexity index is 100. The minimum Gasteiger partial charge on any atom is -0.397 e. The summed E-state index contributed by atoms with van der Waals surface area (Å²) in [5.41, 5.74) is 0. The zero-order valence-electron chi connectivity index (χ0n) is 9.31. The van der Waals surface area contributed by atoms with Crippen LogP contribution in [0.1, 0.15) is 59.3 Å². The van der Waals surface area contributed by atoms with Crippen LogP contribution in [0.4, 0.5) is 0 Å². The van der Waals surface area contributed by atoms with Crippen molar-refractivity contribution in [3.8, 4) is 0 Å². The Morgan fingerprint density at radius 3 is 2.00 bits per heavy atom. The maximum atomic E-state index is 10.8. The van der Waals surface area contributed by atoms with Crippen LogP contribution in [0.25, 0.3) is 0 Å². The van der Waals surface area contributed by atoms with E-state index in [4.69, 9.17) is 5.11 Å². The van der Waals surface area contributed by atoms with Gasteiger partial charge >= 0.3 is 0 Å². The Labute approximate surface area is 82.4 Å². The largest absolute Gasteiger partial charge is 0.397 e. The molecule has 0 aliphatic carbocycles. The molecule has 0 rings (SSSR count). The van der Waals surface area contributed by atoms with Crippen molar-refractivity contribution in [2.45, 2.75) is 59.3 Å². The third-order valence-electron chi connectivity index (χ3n) is 1.70. The van der Waals surface area contributed by atoms with Gasteiger partial charge in [0, 0.05) is 19.4 Å². The quantitative estimate of drug-likeness (QED) is 0.651. The highest BCUT2D eigenvalue weighted by Gasteiger charge is 1.95. The first-order valence-electron chi connectivity index (χ1n) is 5.35. The summed E-state index contributed by atoms with van der Waals surface area (Å²) in [7, 11) is 0. The second kappa shape index (κ2) is 14.2. The summed E-state index contributed by atoms with van der Waals surface area (Å²) in [6.07, 6.45) is 6.36. The van der Waals surface area contributed by atoms with Gasteiger partial charge in [0.15, 0.2) is 0 Å². The molecule has 2 nitrogen and oxygen atoms in total.